The lowest BCUT2D eigenvalue weighted by atomic mass is 9.75. The summed E-state index contributed by atoms with van der Waals surface area (Å²) in [5, 5.41) is 27.7. The Kier molecular flexibility index (Phi) is 4.62. The fourth-order valence-electron chi connectivity index (χ4n) is 4.82. The zero-order valence-electron chi connectivity index (χ0n) is 17.2. The molecule has 2 N–H and O–H groups in total. The number of hydrazone groups is 1. The van der Waals surface area contributed by atoms with Crippen molar-refractivity contribution in [2.75, 3.05) is 12.5 Å². The molecule has 5 rings (SSSR count). The van der Waals surface area contributed by atoms with Crippen LogP contribution in [0.4, 0.5) is 17.1 Å². The fraction of sp³-hybridized carbons (Fsp3) is 0.227. The summed E-state index contributed by atoms with van der Waals surface area (Å²) in [5.41, 5.74) is 6.81. The van der Waals surface area contributed by atoms with Crippen LogP contribution < -0.4 is 5.43 Å². The smallest absolute Gasteiger partial charge is 0.301 e. The zero-order chi connectivity index (χ0) is 22.4. The number of hydrogen-bond acceptors (Lipinski definition) is 7. The molecule has 2 aliphatic rings. The van der Waals surface area contributed by atoms with Crippen LogP contribution in [0.3, 0.4) is 0 Å². The lowest BCUT2D eigenvalue weighted by Gasteiger charge is -2.41. The number of aromatic amines is 1. The van der Waals surface area contributed by atoms with E-state index in [0.717, 1.165) is 30.0 Å². The van der Waals surface area contributed by atoms with Gasteiger partial charge >= 0.3 is 5.69 Å². The van der Waals surface area contributed by atoms with E-state index < -0.39 is 15.5 Å². The number of rotatable bonds is 5. The van der Waals surface area contributed by atoms with Gasteiger partial charge in [0.05, 0.1) is 22.1 Å². The monoisotopic (exact) mass is 432 g/mol. The molecule has 0 radical (unpaired) electrons. The van der Waals surface area contributed by atoms with Gasteiger partial charge in [0.1, 0.15) is 5.69 Å². The Morgan fingerprint density at radius 3 is 2.81 bits per heavy atom. The summed E-state index contributed by atoms with van der Waals surface area (Å²) >= 11 is 0. The number of fused-ring (bicyclic) bond motifs is 2. The molecular weight excluding hydrogens is 412 g/mol. The largest absolute Gasteiger partial charge is 0.376 e. The number of hydrogen-bond donors (Lipinski definition) is 2. The molecule has 2 heterocycles. The summed E-state index contributed by atoms with van der Waals surface area (Å²) < 4.78 is 0. The predicted octanol–water partition coefficient (Wildman–Crippen LogP) is 4.31. The van der Waals surface area contributed by atoms with Gasteiger partial charge in [-0.15, -0.1) is 0 Å². The van der Waals surface area contributed by atoms with Crippen LogP contribution in [0.5, 0.6) is 0 Å². The number of nitrogens with zero attached hydrogens (tertiary/aromatic N) is 4. The van der Waals surface area contributed by atoms with Crippen molar-refractivity contribution < 1.29 is 9.85 Å². The number of nitrogens with one attached hydrogen (secondary N) is 2. The molecule has 1 aliphatic carbocycles. The van der Waals surface area contributed by atoms with Crippen LogP contribution in [-0.2, 0) is 6.42 Å². The van der Waals surface area contributed by atoms with Crippen LogP contribution in [0.15, 0.2) is 59.5 Å². The van der Waals surface area contributed by atoms with Crippen LogP contribution in [-0.4, -0.2) is 39.0 Å². The van der Waals surface area contributed by atoms with Gasteiger partial charge < -0.3 is 9.88 Å². The van der Waals surface area contributed by atoms with Crippen LogP contribution >= 0.6 is 0 Å². The van der Waals surface area contributed by atoms with Crippen LogP contribution in [0.1, 0.15) is 23.5 Å². The first-order valence-electron chi connectivity index (χ1n) is 10.2. The van der Waals surface area contributed by atoms with Crippen molar-refractivity contribution in [3.63, 3.8) is 0 Å². The molecule has 10 nitrogen and oxygen atoms in total. The fourth-order valence-corrected chi connectivity index (χ4v) is 4.82. The van der Waals surface area contributed by atoms with Gasteiger partial charge in [-0.1, -0.05) is 12.1 Å². The van der Waals surface area contributed by atoms with Gasteiger partial charge in [0.25, 0.3) is 5.69 Å². The number of anilines is 1. The second-order valence-corrected chi connectivity index (χ2v) is 8.12. The molecule has 0 spiro atoms. The van der Waals surface area contributed by atoms with Gasteiger partial charge in [0, 0.05) is 48.4 Å². The minimum atomic E-state index is -0.667. The van der Waals surface area contributed by atoms with Crippen LogP contribution in [0.2, 0.25) is 0 Å². The van der Waals surface area contributed by atoms with E-state index in [2.05, 4.69) is 51.9 Å². The second-order valence-electron chi connectivity index (χ2n) is 8.12. The summed E-state index contributed by atoms with van der Waals surface area (Å²) in [6.07, 6.45) is 7.57. The van der Waals surface area contributed by atoms with E-state index in [1.807, 2.05) is 6.20 Å². The molecule has 1 aliphatic heterocycles. The summed E-state index contributed by atoms with van der Waals surface area (Å²) in [6.45, 7) is 0. The average Bonchev–Trinajstić information content (AvgIpc) is 3.19. The van der Waals surface area contributed by atoms with Gasteiger partial charge in [0.2, 0.25) is 0 Å². The molecule has 0 saturated heterocycles. The average molecular weight is 432 g/mol. The molecule has 32 heavy (non-hydrogen) atoms. The van der Waals surface area contributed by atoms with Gasteiger partial charge in [-0.2, -0.15) is 5.10 Å². The van der Waals surface area contributed by atoms with Gasteiger partial charge in [0.15, 0.2) is 0 Å². The number of non-ortho nitro benzene ring substituents is 1. The minimum Gasteiger partial charge on any atom is -0.376 e. The predicted molar refractivity (Wildman–Crippen MR) is 121 cm³/mol. The van der Waals surface area contributed by atoms with E-state index in [-0.39, 0.29) is 11.4 Å². The molecule has 2 atom stereocenters. The lowest BCUT2D eigenvalue weighted by Crippen LogP contribution is -2.40. The van der Waals surface area contributed by atoms with Crippen molar-refractivity contribution >= 4 is 34.2 Å². The topological polar surface area (TPSA) is 130 Å². The van der Waals surface area contributed by atoms with Crippen LogP contribution in [0.25, 0.3) is 10.9 Å². The highest BCUT2D eigenvalue weighted by molar-refractivity contribution is 5.89. The van der Waals surface area contributed by atoms with E-state index in [4.69, 9.17) is 0 Å². The maximum Gasteiger partial charge on any atom is 0.301 e. The number of likely N-dealkylation sites (N-methyl/N-ethyl adjacent to an activating group) is 1. The summed E-state index contributed by atoms with van der Waals surface area (Å²) in [7, 11) is 2.05. The van der Waals surface area contributed by atoms with Crippen molar-refractivity contribution in [3.05, 3.63) is 85.7 Å². The Balaban J connectivity index is 1.38. The first kappa shape index (κ1) is 19.7. The Morgan fingerprint density at radius 1 is 1.19 bits per heavy atom. The Labute approximate surface area is 182 Å². The lowest BCUT2D eigenvalue weighted by molar-refractivity contribution is -0.393. The molecule has 10 heteroatoms. The van der Waals surface area contributed by atoms with E-state index in [1.165, 1.54) is 28.6 Å². The Bertz CT molecular complexity index is 1310. The van der Waals surface area contributed by atoms with Crippen molar-refractivity contribution in [2.24, 2.45) is 5.10 Å². The maximum atomic E-state index is 11.3. The highest BCUT2D eigenvalue weighted by Gasteiger charge is 2.35. The molecule has 0 fully saturated rings. The molecular formula is C22H20N6O4. The third-order valence-electron chi connectivity index (χ3n) is 6.27. The number of aromatic nitrogens is 1. The number of nitro benzene ring substituents is 2. The third-order valence-corrected chi connectivity index (χ3v) is 6.27. The Morgan fingerprint density at radius 2 is 2.03 bits per heavy atom. The molecule has 3 aromatic rings. The van der Waals surface area contributed by atoms with Gasteiger partial charge in [-0.25, -0.2) is 0 Å². The first-order valence-corrected chi connectivity index (χ1v) is 10.2. The van der Waals surface area contributed by atoms with Crippen molar-refractivity contribution in [3.8, 4) is 0 Å². The number of allylic oxidation sites excluding steroid dienone is 1. The minimum absolute atomic E-state index is 0.0962. The second kappa shape index (κ2) is 7.49. The highest BCUT2D eigenvalue weighted by atomic mass is 16.6. The maximum absolute atomic E-state index is 11.3. The van der Waals surface area contributed by atoms with Crippen LogP contribution in [0, 0.1) is 20.2 Å². The SMILES string of the molecule is CN1C=C(/C=N/Nc2ccc([N+](=O)[O-])cc2[N+](=O)[O-])C[C@@H]2c3cccc4[nH]cc(c34)C[C@H]21. The molecule has 0 saturated carbocycles. The molecule has 1 aromatic heterocycles. The number of H-pyrrole nitrogens is 1. The summed E-state index contributed by atoms with van der Waals surface area (Å²) in [6, 6.07) is 10.1. The molecule has 2 aromatic carbocycles. The van der Waals surface area contributed by atoms with Gasteiger partial charge in [-0.3, -0.25) is 25.7 Å². The quantitative estimate of drug-likeness (QED) is 0.351. The van der Waals surface area contributed by atoms with Crippen molar-refractivity contribution in [1.29, 1.82) is 0 Å². The summed E-state index contributed by atoms with van der Waals surface area (Å²) in [4.78, 5) is 26.4. The normalized spacial score (nSPS) is 19.7. The first-order chi connectivity index (χ1) is 15.4. The molecule has 0 amide bonds. The van der Waals surface area contributed by atoms with E-state index in [1.54, 1.807) is 6.21 Å². The number of benzene rings is 2. The summed E-state index contributed by atoms with van der Waals surface area (Å²) in [5.74, 6) is 0.312. The third kappa shape index (κ3) is 3.25. The standard InChI is InChI=1S/C22H20N6O4/c1-26-12-13(10-24-25-18-6-5-15(27(29)30)9-21(18)28(31)32)7-17-16-3-2-4-19-22(16)14(11-23-19)8-20(17)26/h2-6,9-12,17,20,23,25H,7-8H2,1H3/b24-10+/t17-,20-/m1/s1. The molecule has 0 bridgehead atoms. The van der Waals surface area contributed by atoms with E-state index in [0.29, 0.717) is 12.0 Å². The van der Waals surface area contributed by atoms with Crippen molar-refractivity contribution in [2.45, 2.75) is 24.8 Å². The van der Waals surface area contributed by atoms with E-state index >= 15 is 0 Å². The Hall–Kier alpha value is -4.21. The van der Waals surface area contributed by atoms with Gasteiger partial charge in [-0.05, 0) is 41.7 Å². The highest BCUT2D eigenvalue weighted by Crippen LogP contribution is 2.43. The number of nitro groups is 2. The zero-order valence-corrected chi connectivity index (χ0v) is 17.2. The van der Waals surface area contributed by atoms with E-state index in [9.17, 15) is 20.2 Å². The molecule has 162 valence electrons. The van der Waals surface area contributed by atoms with Crippen molar-refractivity contribution in [1.82, 2.24) is 9.88 Å². The molecule has 0 unspecified atom stereocenters.